The van der Waals surface area contributed by atoms with E-state index in [1.807, 2.05) is 0 Å². The van der Waals surface area contributed by atoms with Crippen LogP contribution in [0.3, 0.4) is 0 Å². The first-order chi connectivity index (χ1) is 10.4. The van der Waals surface area contributed by atoms with Crippen LogP contribution in [0, 0.1) is 0 Å². The summed E-state index contributed by atoms with van der Waals surface area (Å²) in [6.45, 7) is 2.69. The zero-order valence-corrected chi connectivity index (χ0v) is 13.9. The van der Waals surface area contributed by atoms with Gasteiger partial charge in [0.15, 0.2) is 0 Å². The Bertz CT molecular complexity index is 571. The summed E-state index contributed by atoms with van der Waals surface area (Å²) in [6.07, 6.45) is 0. The Balaban J connectivity index is 2.58. The van der Waals surface area contributed by atoms with Crippen LogP contribution in [-0.4, -0.2) is 59.7 Å². The molecular weight excluding hydrogens is 308 g/mol. The SMILES string of the molecule is COCCN(CCNS(=O)(=O)c1ccc(OC)cc1)C(C)=O. The Labute approximate surface area is 131 Å². The van der Waals surface area contributed by atoms with Gasteiger partial charge < -0.3 is 14.4 Å². The van der Waals surface area contributed by atoms with Gasteiger partial charge in [0.2, 0.25) is 15.9 Å². The van der Waals surface area contributed by atoms with Gasteiger partial charge >= 0.3 is 0 Å². The summed E-state index contributed by atoms with van der Waals surface area (Å²) in [5.74, 6) is 0.460. The van der Waals surface area contributed by atoms with Gasteiger partial charge in [-0.05, 0) is 24.3 Å². The average molecular weight is 330 g/mol. The minimum atomic E-state index is -3.60. The van der Waals surface area contributed by atoms with Crippen molar-refractivity contribution in [1.29, 1.82) is 0 Å². The predicted molar refractivity (Wildman–Crippen MR) is 82.3 cm³/mol. The van der Waals surface area contributed by atoms with E-state index in [2.05, 4.69) is 4.72 Å². The highest BCUT2D eigenvalue weighted by Gasteiger charge is 2.15. The third-order valence-electron chi connectivity index (χ3n) is 3.05. The minimum Gasteiger partial charge on any atom is -0.497 e. The summed E-state index contributed by atoms with van der Waals surface area (Å²) in [5.41, 5.74) is 0. The highest BCUT2D eigenvalue weighted by molar-refractivity contribution is 7.89. The summed E-state index contributed by atoms with van der Waals surface area (Å²) in [4.78, 5) is 13.1. The number of amides is 1. The number of carbonyl (C=O) groups is 1. The van der Waals surface area contributed by atoms with Crippen LogP contribution in [-0.2, 0) is 19.6 Å². The van der Waals surface area contributed by atoms with Crippen LogP contribution < -0.4 is 9.46 Å². The van der Waals surface area contributed by atoms with Gasteiger partial charge in [-0.1, -0.05) is 0 Å². The molecule has 0 aromatic heterocycles. The Morgan fingerprint density at radius 2 is 1.82 bits per heavy atom. The van der Waals surface area contributed by atoms with Crippen molar-refractivity contribution < 1.29 is 22.7 Å². The monoisotopic (exact) mass is 330 g/mol. The summed E-state index contributed by atoms with van der Waals surface area (Å²) in [7, 11) is -0.544. The van der Waals surface area contributed by atoms with Gasteiger partial charge in [0.1, 0.15) is 5.75 Å². The fourth-order valence-corrected chi connectivity index (χ4v) is 2.80. The molecule has 124 valence electrons. The number of nitrogens with one attached hydrogen (secondary N) is 1. The maximum Gasteiger partial charge on any atom is 0.240 e. The molecule has 0 aliphatic carbocycles. The molecule has 7 nitrogen and oxygen atoms in total. The molecular formula is C14H22N2O5S. The van der Waals surface area contributed by atoms with Crippen molar-refractivity contribution in [3.63, 3.8) is 0 Å². The predicted octanol–water partition coefficient (Wildman–Crippen LogP) is 0.468. The first-order valence-electron chi connectivity index (χ1n) is 6.79. The lowest BCUT2D eigenvalue weighted by atomic mass is 10.3. The molecule has 0 fully saturated rings. The quantitative estimate of drug-likeness (QED) is 0.711. The van der Waals surface area contributed by atoms with Gasteiger partial charge in [0, 0.05) is 33.7 Å². The maximum atomic E-state index is 12.1. The summed E-state index contributed by atoms with van der Waals surface area (Å²) in [5, 5.41) is 0. The number of hydrogen-bond acceptors (Lipinski definition) is 5. The van der Waals surface area contributed by atoms with E-state index in [-0.39, 0.29) is 23.9 Å². The van der Waals surface area contributed by atoms with E-state index >= 15 is 0 Å². The molecule has 0 unspecified atom stereocenters. The molecule has 1 amide bonds. The fraction of sp³-hybridized carbons (Fsp3) is 0.500. The number of hydrogen-bond donors (Lipinski definition) is 1. The molecule has 0 aliphatic rings. The number of nitrogens with zero attached hydrogens (tertiary/aromatic N) is 1. The van der Waals surface area contributed by atoms with E-state index in [1.165, 1.54) is 31.1 Å². The van der Waals surface area contributed by atoms with Gasteiger partial charge in [-0.25, -0.2) is 13.1 Å². The second kappa shape index (κ2) is 8.72. The molecule has 0 spiro atoms. The van der Waals surface area contributed by atoms with Gasteiger partial charge in [-0.3, -0.25) is 4.79 Å². The fourth-order valence-electron chi connectivity index (χ4n) is 1.78. The Hall–Kier alpha value is -1.64. The summed E-state index contributed by atoms with van der Waals surface area (Å²) >= 11 is 0. The highest BCUT2D eigenvalue weighted by atomic mass is 32.2. The van der Waals surface area contributed by atoms with Crippen LogP contribution in [0.15, 0.2) is 29.2 Å². The van der Waals surface area contributed by atoms with Crippen molar-refractivity contribution in [1.82, 2.24) is 9.62 Å². The lowest BCUT2D eigenvalue weighted by molar-refractivity contribution is -0.129. The largest absolute Gasteiger partial charge is 0.497 e. The third-order valence-corrected chi connectivity index (χ3v) is 4.53. The van der Waals surface area contributed by atoms with Crippen molar-refractivity contribution in [2.75, 3.05) is 40.5 Å². The van der Waals surface area contributed by atoms with Crippen molar-refractivity contribution in [3.05, 3.63) is 24.3 Å². The van der Waals surface area contributed by atoms with Crippen molar-refractivity contribution in [3.8, 4) is 5.75 Å². The van der Waals surface area contributed by atoms with Gasteiger partial charge in [-0.2, -0.15) is 0 Å². The minimum absolute atomic E-state index is 0.124. The molecule has 0 heterocycles. The first-order valence-corrected chi connectivity index (χ1v) is 8.27. The maximum absolute atomic E-state index is 12.1. The lowest BCUT2D eigenvalue weighted by Gasteiger charge is -2.20. The van der Waals surface area contributed by atoms with Crippen LogP contribution in [0.1, 0.15) is 6.92 Å². The number of carbonyl (C=O) groups excluding carboxylic acids is 1. The zero-order chi connectivity index (χ0) is 16.6. The van der Waals surface area contributed by atoms with Crippen molar-refractivity contribution in [2.24, 2.45) is 0 Å². The molecule has 0 aliphatic heterocycles. The molecule has 22 heavy (non-hydrogen) atoms. The van der Waals surface area contributed by atoms with Crippen molar-refractivity contribution in [2.45, 2.75) is 11.8 Å². The molecule has 1 aromatic carbocycles. The highest BCUT2D eigenvalue weighted by Crippen LogP contribution is 2.15. The van der Waals surface area contributed by atoms with E-state index in [9.17, 15) is 13.2 Å². The average Bonchev–Trinajstić information content (AvgIpc) is 2.50. The molecule has 0 atom stereocenters. The molecule has 0 bridgehead atoms. The standard InChI is InChI=1S/C14H22N2O5S/c1-12(17)16(10-11-20-2)9-8-15-22(18,19)14-6-4-13(21-3)5-7-14/h4-7,15H,8-11H2,1-3H3. The lowest BCUT2D eigenvalue weighted by Crippen LogP contribution is -2.39. The van der Waals surface area contributed by atoms with Crippen molar-refractivity contribution >= 4 is 15.9 Å². The number of benzene rings is 1. The molecule has 1 rings (SSSR count). The van der Waals surface area contributed by atoms with Crippen LogP contribution in [0.4, 0.5) is 0 Å². The Kier molecular flexibility index (Phi) is 7.30. The summed E-state index contributed by atoms with van der Waals surface area (Å²) in [6, 6.07) is 6.09. The van der Waals surface area contributed by atoms with Crippen LogP contribution in [0.2, 0.25) is 0 Å². The molecule has 0 saturated heterocycles. The Morgan fingerprint density at radius 3 is 2.32 bits per heavy atom. The van der Waals surface area contributed by atoms with Gasteiger partial charge in [-0.15, -0.1) is 0 Å². The summed E-state index contributed by atoms with van der Waals surface area (Å²) < 4.78 is 36.6. The smallest absolute Gasteiger partial charge is 0.240 e. The van der Waals surface area contributed by atoms with E-state index in [0.717, 1.165) is 0 Å². The second-order valence-electron chi connectivity index (χ2n) is 4.57. The number of ether oxygens (including phenoxy) is 2. The van der Waals surface area contributed by atoms with E-state index < -0.39 is 10.0 Å². The zero-order valence-electron chi connectivity index (χ0n) is 13.0. The number of methoxy groups -OCH3 is 2. The molecule has 0 saturated carbocycles. The van der Waals surface area contributed by atoms with Gasteiger partial charge in [0.25, 0.3) is 0 Å². The molecule has 8 heteroatoms. The van der Waals surface area contributed by atoms with E-state index in [1.54, 1.807) is 19.2 Å². The third kappa shape index (κ3) is 5.63. The second-order valence-corrected chi connectivity index (χ2v) is 6.34. The van der Waals surface area contributed by atoms with E-state index in [0.29, 0.717) is 18.9 Å². The van der Waals surface area contributed by atoms with E-state index in [4.69, 9.17) is 9.47 Å². The van der Waals surface area contributed by atoms with Gasteiger partial charge in [0.05, 0.1) is 18.6 Å². The van der Waals surface area contributed by atoms with Crippen LogP contribution >= 0.6 is 0 Å². The normalized spacial score (nSPS) is 11.2. The molecule has 1 aromatic rings. The Morgan fingerprint density at radius 1 is 1.18 bits per heavy atom. The topological polar surface area (TPSA) is 84.9 Å². The number of sulfonamides is 1. The van der Waals surface area contributed by atoms with Crippen LogP contribution in [0.5, 0.6) is 5.75 Å². The molecule has 0 radical (unpaired) electrons. The van der Waals surface area contributed by atoms with Crippen LogP contribution in [0.25, 0.3) is 0 Å². The number of rotatable bonds is 9. The first kappa shape index (κ1) is 18.4. The molecule has 1 N–H and O–H groups in total.